The maximum Gasteiger partial charge on any atom is 0.417 e. The summed E-state index contributed by atoms with van der Waals surface area (Å²) in [5.74, 6) is 0.101. The third-order valence-electron chi connectivity index (χ3n) is 4.31. The number of esters is 1. The number of hydrogen-bond acceptors (Lipinski definition) is 4. The van der Waals surface area contributed by atoms with Crippen molar-refractivity contribution >= 4 is 17.7 Å². The Morgan fingerprint density at radius 1 is 0.857 bits per heavy atom. The molecular formula is C23H21NO4. The van der Waals surface area contributed by atoms with E-state index < -0.39 is 6.09 Å². The zero-order chi connectivity index (χ0) is 20.1. The molecule has 0 fully saturated rings. The molecule has 0 aromatic heterocycles. The van der Waals surface area contributed by atoms with E-state index in [9.17, 15) is 9.59 Å². The second-order valence-corrected chi connectivity index (χ2v) is 6.39. The number of anilines is 1. The molecule has 5 nitrogen and oxygen atoms in total. The number of carbonyl (C=O) groups is 2. The van der Waals surface area contributed by atoms with E-state index >= 15 is 0 Å². The van der Waals surface area contributed by atoms with Gasteiger partial charge in [0.05, 0.1) is 12.7 Å². The van der Waals surface area contributed by atoms with Crippen molar-refractivity contribution in [2.24, 2.45) is 0 Å². The lowest BCUT2D eigenvalue weighted by molar-refractivity contribution is 0.0600. The van der Waals surface area contributed by atoms with Crippen LogP contribution in [0.5, 0.6) is 5.75 Å². The van der Waals surface area contributed by atoms with Crippen molar-refractivity contribution < 1.29 is 19.1 Å². The van der Waals surface area contributed by atoms with Crippen LogP contribution in [0.4, 0.5) is 10.5 Å². The van der Waals surface area contributed by atoms with Gasteiger partial charge in [0.15, 0.2) is 0 Å². The molecule has 0 aliphatic heterocycles. The fourth-order valence-corrected chi connectivity index (χ4v) is 3.15. The van der Waals surface area contributed by atoms with Gasteiger partial charge in [-0.3, -0.25) is 5.32 Å². The van der Waals surface area contributed by atoms with E-state index in [1.54, 1.807) is 36.4 Å². The molecule has 0 atom stereocenters. The Kier molecular flexibility index (Phi) is 5.75. The van der Waals surface area contributed by atoms with Gasteiger partial charge in [0.25, 0.3) is 0 Å². The molecule has 28 heavy (non-hydrogen) atoms. The summed E-state index contributed by atoms with van der Waals surface area (Å²) < 4.78 is 10.1. The van der Waals surface area contributed by atoms with Crippen LogP contribution in [-0.4, -0.2) is 19.2 Å². The minimum absolute atomic E-state index is 0.376. The minimum Gasteiger partial charge on any atom is -0.465 e. The maximum absolute atomic E-state index is 12.1. The first kappa shape index (κ1) is 19.2. The van der Waals surface area contributed by atoms with E-state index in [1.807, 2.05) is 44.2 Å². The van der Waals surface area contributed by atoms with Gasteiger partial charge in [-0.15, -0.1) is 0 Å². The molecule has 0 radical (unpaired) electrons. The summed E-state index contributed by atoms with van der Waals surface area (Å²) in [4.78, 5) is 23.9. The highest BCUT2D eigenvalue weighted by Crippen LogP contribution is 2.31. The number of para-hydroxylation sites is 1. The van der Waals surface area contributed by atoms with Gasteiger partial charge < -0.3 is 9.47 Å². The van der Waals surface area contributed by atoms with E-state index in [0.29, 0.717) is 17.0 Å². The molecule has 142 valence electrons. The van der Waals surface area contributed by atoms with Gasteiger partial charge in [-0.2, -0.15) is 0 Å². The minimum atomic E-state index is -0.551. The highest BCUT2D eigenvalue weighted by molar-refractivity contribution is 5.92. The van der Waals surface area contributed by atoms with Crippen LogP contribution in [-0.2, 0) is 4.74 Å². The van der Waals surface area contributed by atoms with Crippen molar-refractivity contribution in [1.82, 2.24) is 0 Å². The van der Waals surface area contributed by atoms with Crippen molar-refractivity contribution in [1.29, 1.82) is 0 Å². The summed E-state index contributed by atoms with van der Waals surface area (Å²) in [5.41, 5.74) is 4.99. The van der Waals surface area contributed by atoms with Crippen molar-refractivity contribution in [3.8, 4) is 16.9 Å². The molecule has 0 saturated carbocycles. The zero-order valence-electron chi connectivity index (χ0n) is 16.0. The van der Waals surface area contributed by atoms with Crippen LogP contribution < -0.4 is 10.1 Å². The fourth-order valence-electron chi connectivity index (χ4n) is 3.15. The molecule has 0 unspecified atom stereocenters. The van der Waals surface area contributed by atoms with Crippen LogP contribution in [0.15, 0.2) is 66.7 Å². The number of methoxy groups -OCH3 is 1. The van der Waals surface area contributed by atoms with Crippen LogP contribution in [0.25, 0.3) is 11.1 Å². The lowest BCUT2D eigenvalue weighted by Crippen LogP contribution is -2.17. The second kappa shape index (κ2) is 8.39. The Morgan fingerprint density at radius 2 is 1.54 bits per heavy atom. The molecular weight excluding hydrogens is 354 g/mol. The summed E-state index contributed by atoms with van der Waals surface area (Å²) in [6.07, 6.45) is -0.551. The van der Waals surface area contributed by atoms with Gasteiger partial charge in [0, 0.05) is 5.69 Å². The standard InChI is InChI=1S/C23H21NO4/c1-15-12-19(24-23(26)28-20-10-5-4-6-11-20)13-16(2)21(15)17-8-7-9-18(14-17)22(25)27-3/h4-14H,1-3H3,(H,24,26). The van der Waals surface area contributed by atoms with Crippen LogP contribution in [0.3, 0.4) is 0 Å². The fraction of sp³-hybridized carbons (Fsp3) is 0.130. The average Bonchev–Trinajstić information content (AvgIpc) is 2.67. The van der Waals surface area contributed by atoms with Gasteiger partial charge in [-0.05, 0) is 72.5 Å². The molecule has 0 saturated heterocycles. The number of benzene rings is 3. The van der Waals surface area contributed by atoms with Crippen LogP contribution >= 0.6 is 0 Å². The molecule has 3 rings (SSSR count). The number of nitrogens with one attached hydrogen (secondary N) is 1. The normalized spacial score (nSPS) is 10.2. The summed E-state index contributed by atoms with van der Waals surface area (Å²) in [5, 5.41) is 2.75. The van der Waals surface area contributed by atoms with Crippen molar-refractivity contribution in [3.05, 3.63) is 83.4 Å². The Bertz CT molecular complexity index is 989. The molecule has 3 aromatic rings. The van der Waals surface area contributed by atoms with Crippen LogP contribution in [0.2, 0.25) is 0 Å². The van der Waals surface area contributed by atoms with Gasteiger partial charge >= 0.3 is 12.1 Å². The number of amides is 1. The number of aryl methyl sites for hydroxylation is 2. The number of ether oxygens (including phenoxy) is 2. The molecule has 0 spiro atoms. The number of rotatable bonds is 4. The van der Waals surface area contributed by atoms with Crippen LogP contribution in [0.1, 0.15) is 21.5 Å². The van der Waals surface area contributed by atoms with Crippen molar-refractivity contribution in [3.63, 3.8) is 0 Å². The lowest BCUT2D eigenvalue weighted by atomic mass is 9.94. The summed E-state index contributed by atoms with van der Waals surface area (Å²) in [7, 11) is 1.36. The van der Waals surface area contributed by atoms with Crippen molar-refractivity contribution in [2.75, 3.05) is 12.4 Å². The van der Waals surface area contributed by atoms with Gasteiger partial charge in [-0.25, -0.2) is 9.59 Å². The predicted molar refractivity (Wildman–Crippen MR) is 109 cm³/mol. The average molecular weight is 375 g/mol. The number of hydrogen-bond donors (Lipinski definition) is 1. The Morgan fingerprint density at radius 3 is 2.18 bits per heavy atom. The first-order valence-corrected chi connectivity index (χ1v) is 8.82. The van der Waals surface area contributed by atoms with E-state index in [4.69, 9.17) is 9.47 Å². The Labute approximate surface area is 163 Å². The highest BCUT2D eigenvalue weighted by Gasteiger charge is 2.13. The van der Waals surface area contributed by atoms with Crippen LogP contribution in [0, 0.1) is 13.8 Å². The Balaban J connectivity index is 1.83. The number of carbonyl (C=O) groups excluding carboxylic acids is 2. The van der Waals surface area contributed by atoms with Gasteiger partial charge in [-0.1, -0.05) is 30.3 Å². The van der Waals surface area contributed by atoms with E-state index in [2.05, 4.69) is 5.32 Å². The van der Waals surface area contributed by atoms with Gasteiger partial charge in [0.2, 0.25) is 0 Å². The molecule has 0 bridgehead atoms. The third kappa shape index (κ3) is 4.38. The zero-order valence-corrected chi connectivity index (χ0v) is 16.0. The quantitative estimate of drug-likeness (QED) is 0.623. The van der Waals surface area contributed by atoms with Gasteiger partial charge in [0.1, 0.15) is 5.75 Å². The second-order valence-electron chi connectivity index (χ2n) is 6.39. The molecule has 1 N–H and O–H groups in total. The topological polar surface area (TPSA) is 64.6 Å². The molecule has 0 heterocycles. The first-order chi connectivity index (χ1) is 13.5. The maximum atomic E-state index is 12.1. The molecule has 1 amide bonds. The summed E-state index contributed by atoms with van der Waals surface area (Å²) in [6, 6.07) is 19.9. The van der Waals surface area contributed by atoms with E-state index in [0.717, 1.165) is 22.3 Å². The first-order valence-electron chi connectivity index (χ1n) is 8.82. The smallest absolute Gasteiger partial charge is 0.417 e. The summed E-state index contributed by atoms with van der Waals surface area (Å²) in [6.45, 7) is 3.92. The lowest BCUT2D eigenvalue weighted by Gasteiger charge is -2.14. The largest absolute Gasteiger partial charge is 0.465 e. The summed E-state index contributed by atoms with van der Waals surface area (Å²) >= 11 is 0. The highest BCUT2D eigenvalue weighted by atomic mass is 16.6. The van der Waals surface area contributed by atoms with Crippen molar-refractivity contribution in [2.45, 2.75) is 13.8 Å². The monoisotopic (exact) mass is 375 g/mol. The third-order valence-corrected chi connectivity index (χ3v) is 4.31. The predicted octanol–water partition coefficient (Wildman–Crippen LogP) is 5.37. The molecule has 0 aliphatic rings. The van der Waals surface area contributed by atoms with E-state index in [1.165, 1.54) is 7.11 Å². The Hall–Kier alpha value is -3.60. The molecule has 0 aliphatic carbocycles. The van der Waals surface area contributed by atoms with E-state index in [-0.39, 0.29) is 5.97 Å². The molecule has 5 heteroatoms. The molecule has 3 aromatic carbocycles. The SMILES string of the molecule is COC(=O)c1cccc(-c2c(C)cc(NC(=O)Oc3ccccc3)cc2C)c1.